The summed E-state index contributed by atoms with van der Waals surface area (Å²) in [4.78, 5) is 2.59. The highest BCUT2D eigenvalue weighted by atomic mass is 15.1. The Morgan fingerprint density at radius 2 is 1.02 bits per heavy atom. The van der Waals surface area contributed by atoms with Crippen LogP contribution in [0.1, 0.15) is 43.6 Å². The molecule has 0 amide bonds. The molecule has 4 saturated carbocycles. The quantitative estimate of drug-likeness (QED) is 0.191. The summed E-state index contributed by atoms with van der Waals surface area (Å²) in [5, 5.41) is 5.21. The van der Waals surface area contributed by atoms with Crippen molar-refractivity contribution in [2.45, 2.75) is 38.0 Å². The summed E-state index contributed by atoms with van der Waals surface area (Å²) in [6, 6.07) is 49.7. The van der Waals surface area contributed by atoms with Crippen LogP contribution in [0.15, 0.2) is 133 Å². The molecule has 4 aliphatic carbocycles. The van der Waals surface area contributed by atoms with E-state index in [-0.39, 0.29) is 0 Å². The van der Waals surface area contributed by atoms with Gasteiger partial charge < -0.3 is 4.90 Å². The van der Waals surface area contributed by atoms with Crippen LogP contribution in [0.2, 0.25) is 0 Å². The average Bonchev–Trinajstić information content (AvgIpc) is 3.06. The molecule has 0 heterocycles. The number of nitrogens with zero attached hydrogens (tertiary/aromatic N) is 1. The first-order valence-corrected chi connectivity index (χ1v) is 16.3. The van der Waals surface area contributed by atoms with Gasteiger partial charge in [0.2, 0.25) is 0 Å². The van der Waals surface area contributed by atoms with Gasteiger partial charge in [-0.05, 0) is 119 Å². The van der Waals surface area contributed by atoms with E-state index in [1.165, 1.54) is 81.8 Å². The highest BCUT2D eigenvalue weighted by Crippen LogP contribution is 2.61. The fourth-order valence-electron chi connectivity index (χ4n) is 9.47. The smallest absolute Gasteiger partial charge is 0.0546 e. The molecule has 1 nitrogen and oxygen atoms in total. The molecule has 0 radical (unpaired) electrons. The van der Waals surface area contributed by atoms with Gasteiger partial charge in [-0.1, -0.05) is 109 Å². The molecule has 0 aromatic heterocycles. The van der Waals surface area contributed by atoms with Crippen LogP contribution in [0.25, 0.3) is 32.7 Å². The molecule has 4 aliphatic rings. The third-order valence-corrected chi connectivity index (χ3v) is 11.0. The number of para-hydroxylation sites is 1. The summed E-state index contributed by atoms with van der Waals surface area (Å²) in [5.41, 5.74) is 7.90. The van der Waals surface area contributed by atoms with Crippen molar-refractivity contribution in [3.05, 3.63) is 139 Å². The Kier molecular flexibility index (Phi) is 5.93. The predicted octanol–water partition coefficient (Wildman–Crippen LogP) is 11.7. The van der Waals surface area contributed by atoms with E-state index in [1.54, 1.807) is 5.56 Å². The zero-order valence-electron chi connectivity index (χ0n) is 24.6. The van der Waals surface area contributed by atoms with Gasteiger partial charge in [0.25, 0.3) is 0 Å². The zero-order valence-corrected chi connectivity index (χ0v) is 24.6. The second-order valence-corrected chi connectivity index (χ2v) is 13.4. The summed E-state index contributed by atoms with van der Waals surface area (Å²) in [7, 11) is 0. The molecule has 0 unspecified atom stereocenters. The van der Waals surface area contributed by atoms with Gasteiger partial charge in [-0.25, -0.2) is 0 Å². The highest BCUT2D eigenvalue weighted by molar-refractivity contribution is 6.14. The topological polar surface area (TPSA) is 3.24 Å². The Bertz CT molecular complexity index is 1910. The standard InChI is InChI=1S/C42H37N/c1-2-10-30(11-3-1)31-18-20-35(21-19-31)43(41-27-32-12-4-5-13-36(32)37-14-6-7-15-38(37)41)40-17-9-8-16-39(40)42-33-23-28-22-29(25-33)26-34(42)24-28/h1-21,27-29,33-34,42H,22-26H2. The molecule has 1 heteroatoms. The molecule has 0 aliphatic heterocycles. The average molecular weight is 556 g/mol. The summed E-state index contributed by atoms with van der Waals surface area (Å²) in [6.45, 7) is 0. The number of anilines is 3. The van der Waals surface area contributed by atoms with Crippen LogP contribution in [0, 0.1) is 23.7 Å². The summed E-state index contributed by atoms with van der Waals surface area (Å²) >= 11 is 0. The molecule has 6 aromatic rings. The van der Waals surface area contributed by atoms with Crippen molar-refractivity contribution in [3.63, 3.8) is 0 Å². The van der Waals surface area contributed by atoms with Crippen LogP contribution < -0.4 is 4.90 Å². The molecule has 0 spiro atoms. The van der Waals surface area contributed by atoms with Crippen molar-refractivity contribution in [2.24, 2.45) is 23.7 Å². The molecule has 6 aromatic carbocycles. The van der Waals surface area contributed by atoms with Crippen molar-refractivity contribution in [3.8, 4) is 11.1 Å². The van der Waals surface area contributed by atoms with Crippen LogP contribution in [0.5, 0.6) is 0 Å². The first-order valence-electron chi connectivity index (χ1n) is 16.3. The lowest BCUT2D eigenvalue weighted by Gasteiger charge is -2.55. The van der Waals surface area contributed by atoms with Gasteiger partial charge in [-0.2, -0.15) is 0 Å². The van der Waals surface area contributed by atoms with E-state index in [2.05, 4.69) is 138 Å². The number of hydrogen-bond donors (Lipinski definition) is 0. The normalized spacial score (nSPS) is 24.0. The Balaban J connectivity index is 1.26. The minimum Gasteiger partial charge on any atom is -0.310 e. The van der Waals surface area contributed by atoms with Gasteiger partial charge in [-0.3, -0.25) is 0 Å². The molecule has 10 rings (SSSR count). The van der Waals surface area contributed by atoms with Gasteiger partial charge in [0, 0.05) is 16.8 Å². The summed E-state index contributed by atoms with van der Waals surface area (Å²) < 4.78 is 0. The lowest BCUT2D eigenvalue weighted by molar-refractivity contribution is -0.00259. The third kappa shape index (κ3) is 4.20. The Morgan fingerprint density at radius 1 is 0.442 bits per heavy atom. The van der Waals surface area contributed by atoms with E-state index >= 15 is 0 Å². The van der Waals surface area contributed by atoms with Crippen LogP contribution in [0.4, 0.5) is 17.1 Å². The van der Waals surface area contributed by atoms with E-state index in [0.29, 0.717) is 5.92 Å². The second-order valence-electron chi connectivity index (χ2n) is 13.4. The SMILES string of the molecule is c1ccc(-c2ccc(N(c3ccccc3C3C4CC5CC(C4)CC3C5)c3cc4ccccc4c4ccccc34)cc2)cc1. The maximum Gasteiger partial charge on any atom is 0.0546 e. The predicted molar refractivity (Wildman–Crippen MR) is 181 cm³/mol. The van der Waals surface area contributed by atoms with Crippen molar-refractivity contribution in [2.75, 3.05) is 4.90 Å². The Labute approximate surface area is 254 Å². The van der Waals surface area contributed by atoms with Crippen LogP contribution >= 0.6 is 0 Å². The number of benzene rings is 6. The van der Waals surface area contributed by atoms with Gasteiger partial charge in [-0.15, -0.1) is 0 Å². The Morgan fingerprint density at radius 3 is 1.77 bits per heavy atom. The number of rotatable bonds is 5. The van der Waals surface area contributed by atoms with E-state index in [9.17, 15) is 0 Å². The first kappa shape index (κ1) is 25.2. The number of fused-ring (bicyclic) bond motifs is 3. The third-order valence-electron chi connectivity index (χ3n) is 11.0. The molecule has 4 fully saturated rings. The fraction of sp³-hybridized carbons (Fsp3) is 0.238. The summed E-state index contributed by atoms with van der Waals surface area (Å²) in [5.74, 6) is 4.25. The van der Waals surface area contributed by atoms with Gasteiger partial charge >= 0.3 is 0 Å². The van der Waals surface area contributed by atoms with E-state index in [0.717, 1.165) is 23.7 Å². The maximum atomic E-state index is 2.59. The molecule has 0 N–H and O–H groups in total. The molecule has 210 valence electrons. The van der Waals surface area contributed by atoms with Gasteiger partial charge in [0.05, 0.1) is 5.69 Å². The van der Waals surface area contributed by atoms with Gasteiger partial charge in [0.15, 0.2) is 0 Å². The lowest BCUT2D eigenvalue weighted by atomic mass is 9.50. The van der Waals surface area contributed by atoms with Crippen LogP contribution in [0.3, 0.4) is 0 Å². The minimum absolute atomic E-state index is 0.654. The van der Waals surface area contributed by atoms with Crippen molar-refractivity contribution in [1.82, 2.24) is 0 Å². The largest absolute Gasteiger partial charge is 0.310 e. The summed E-state index contributed by atoms with van der Waals surface area (Å²) in [6.07, 6.45) is 7.20. The van der Waals surface area contributed by atoms with Crippen molar-refractivity contribution >= 4 is 38.6 Å². The van der Waals surface area contributed by atoms with E-state index in [4.69, 9.17) is 0 Å². The van der Waals surface area contributed by atoms with Crippen molar-refractivity contribution in [1.29, 1.82) is 0 Å². The van der Waals surface area contributed by atoms with Crippen LogP contribution in [-0.4, -0.2) is 0 Å². The lowest BCUT2D eigenvalue weighted by Crippen LogP contribution is -2.44. The first-order chi connectivity index (χ1) is 21.3. The molecule has 0 atom stereocenters. The molecule has 43 heavy (non-hydrogen) atoms. The Hall–Kier alpha value is -4.36. The molecular weight excluding hydrogens is 518 g/mol. The number of hydrogen-bond acceptors (Lipinski definition) is 1. The molecule has 0 saturated heterocycles. The fourth-order valence-corrected chi connectivity index (χ4v) is 9.47. The van der Waals surface area contributed by atoms with E-state index < -0.39 is 0 Å². The maximum absolute atomic E-state index is 2.59. The second kappa shape index (κ2) is 10.1. The highest BCUT2D eigenvalue weighted by Gasteiger charge is 2.49. The van der Waals surface area contributed by atoms with Crippen LogP contribution in [-0.2, 0) is 0 Å². The van der Waals surface area contributed by atoms with Gasteiger partial charge in [0.1, 0.15) is 0 Å². The molecule has 4 bridgehead atoms. The molecular formula is C42H37N. The van der Waals surface area contributed by atoms with E-state index in [1.807, 2.05) is 0 Å². The van der Waals surface area contributed by atoms with Crippen molar-refractivity contribution < 1.29 is 0 Å². The zero-order chi connectivity index (χ0) is 28.3. The minimum atomic E-state index is 0.654. The monoisotopic (exact) mass is 555 g/mol.